The average Bonchev–Trinajstić information content (AvgIpc) is 2.75. The van der Waals surface area contributed by atoms with E-state index in [0.29, 0.717) is 11.6 Å². The molecule has 1 aromatic heterocycles. The van der Waals surface area contributed by atoms with E-state index < -0.39 is 5.97 Å². The molecule has 18 heavy (non-hydrogen) atoms. The number of aromatic carboxylic acids is 1. The summed E-state index contributed by atoms with van der Waals surface area (Å²) in [5.41, 5.74) is 1.80. The summed E-state index contributed by atoms with van der Waals surface area (Å²) in [6, 6.07) is 5.67. The molecular weight excluding hydrogens is 228 g/mol. The number of hydrogen-bond donors (Lipinski definition) is 1. The van der Waals surface area contributed by atoms with Crippen LogP contribution in [0.5, 0.6) is 0 Å². The monoisotopic (exact) mass is 246 g/mol. The molecule has 0 aliphatic heterocycles. The van der Waals surface area contributed by atoms with E-state index in [2.05, 4.69) is 23.4 Å². The molecule has 0 radical (unpaired) electrons. The van der Waals surface area contributed by atoms with Crippen LogP contribution in [0.3, 0.4) is 0 Å². The lowest BCUT2D eigenvalue weighted by molar-refractivity contribution is 0.0699. The largest absolute Gasteiger partial charge is 0.478 e. The Hall–Kier alpha value is -1.84. The summed E-state index contributed by atoms with van der Waals surface area (Å²) in [6.45, 7) is 6.30. The van der Waals surface area contributed by atoms with Crippen LogP contribution in [0.1, 0.15) is 49.4 Å². The van der Waals surface area contributed by atoms with Crippen LogP contribution >= 0.6 is 0 Å². The number of carboxylic acid groups (broad SMARTS) is 1. The molecule has 1 unspecified atom stereocenters. The highest BCUT2D eigenvalue weighted by Crippen LogP contribution is 2.25. The molecule has 2 aromatic rings. The van der Waals surface area contributed by atoms with Gasteiger partial charge in [0.1, 0.15) is 11.3 Å². The van der Waals surface area contributed by atoms with Gasteiger partial charge in [0.25, 0.3) is 0 Å². The Morgan fingerprint density at radius 3 is 2.72 bits per heavy atom. The number of nitrogens with zero attached hydrogens (tertiary/aromatic N) is 2. The van der Waals surface area contributed by atoms with Crippen LogP contribution in [0.4, 0.5) is 0 Å². The second kappa shape index (κ2) is 4.80. The fourth-order valence-electron chi connectivity index (χ4n) is 2.26. The number of aromatic nitrogens is 2. The van der Waals surface area contributed by atoms with Crippen molar-refractivity contribution in [1.29, 1.82) is 0 Å². The minimum absolute atomic E-state index is 0.282. The van der Waals surface area contributed by atoms with Crippen LogP contribution in [-0.4, -0.2) is 20.6 Å². The Bertz CT molecular complexity index is 587. The number of benzene rings is 1. The lowest BCUT2D eigenvalue weighted by Gasteiger charge is -2.15. The Balaban J connectivity index is 2.77. The molecule has 4 nitrogen and oxygen atoms in total. The van der Waals surface area contributed by atoms with E-state index in [-0.39, 0.29) is 5.56 Å². The third-order valence-corrected chi connectivity index (χ3v) is 3.37. The maximum atomic E-state index is 11.2. The van der Waals surface area contributed by atoms with Crippen molar-refractivity contribution in [3.05, 3.63) is 29.6 Å². The quantitative estimate of drug-likeness (QED) is 0.900. The Morgan fingerprint density at radius 2 is 2.17 bits per heavy atom. The van der Waals surface area contributed by atoms with E-state index >= 15 is 0 Å². The van der Waals surface area contributed by atoms with E-state index in [1.807, 2.05) is 13.0 Å². The highest BCUT2D eigenvalue weighted by atomic mass is 16.4. The summed E-state index contributed by atoms with van der Waals surface area (Å²) in [6.07, 6.45) is 1.80. The van der Waals surface area contributed by atoms with E-state index in [0.717, 1.165) is 24.2 Å². The van der Waals surface area contributed by atoms with Crippen molar-refractivity contribution in [2.75, 3.05) is 0 Å². The first-order valence-electron chi connectivity index (χ1n) is 6.33. The van der Waals surface area contributed by atoms with Gasteiger partial charge in [0.05, 0.1) is 11.1 Å². The summed E-state index contributed by atoms with van der Waals surface area (Å²) in [7, 11) is 0. The average molecular weight is 246 g/mol. The molecule has 1 N–H and O–H groups in total. The predicted molar refractivity (Wildman–Crippen MR) is 71.1 cm³/mol. The number of carboxylic acids is 1. The van der Waals surface area contributed by atoms with Gasteiger partial charge in [0, 0.05) is 12.5 Å². The Labute approximate surface area is 106 Å². The van der Waals surface area contributed by atoms with Crippen LogP contribution in [-0.2, 0) is 6.42 Å². The molecule has 1 heterocycles. The number of imidazole rings is 1. The number of hydrogen-bond acceptors (Lipinski definition) is 2. The fourth-order valence-corrected chi connectivity index (χ4v) is 2.26. The molecule has 0 aliphatic carbocycles. The van der Waals surface area contributed by atoms with Gasteiger partial charge in [-0.15, -0.1) is 0 Å². The lowest BCUT2D eigenvalue weighted by Crippen LogP contribution is -2.07. The molecule has 0 spiro atoms. The molecule has 0 fully saturated rings. The fraction of sp³-hybridized carbons (Fsp3) is 0.429. The van der Waals surface area contributed by atoms with Gasteiger partial charge in [-0.25, -0.2) is 9.78 Å². The molecule has 0 saturated heterocycles. The first-order valence-corrected chi connectivity index (χ1v) is 6.33. The highest BCUT2D eigenvalue weighted by molar-refractivity contribution is 6.01. The summed E-state index contributed by atoms with van der Waals surface area (Å²) in [4.78, 5) is 15.7. The van der Waals surface area contributed by atoms with Crippen molar-refractivity contribution in [3.8, 4) is 0 Å². The number of fused-ring (bicyclic) bond motifs is 1. The van der Waals surface area contributed by atoms with Crippen LogP contribution in [0.15, 0.2) is 18.2 Å². The van der Waals surface area contributed by atoms with Gasteiger partial charge in [-0.05, 0) is 25.5 Å². The van der Waals surface area contributed by atoms with Crippen LogP contribution in [0, 0.1) is 0 Å². The SMILES string of the molecule is CCc1nc2c(C(=O)O)cccc2n1C(C)CC. The molecule has 1 aromatic carbocycles. The van der Waals surface area contributed by atoms with Crippen molar-refractivity contribution in [3.63, 3.8) is 0 Å². The van der Waals surface area contributed by atoms with Gasteiger partial charge < -0.3 is 9.67 Å². The smallest absolute Gasteiger partial charge is 0.337 e. The molecule has 2 rings (SSSR count). The summed E-state index contributed by atoms with van der Waals surface area (Å²) >= 11 is 0. The summed E-state index contributed by atoms with van der Waals surface area (Å²) in [5, 5.41) is 9.20. The van der Waals surface area contributed by atoms with Crippen molar-refractivity contribution < 1.29 is 9.90 Å². The van der Waals surface area contributed by atoms with Gasteiger partial charge in [-0.3, -0.25) is 0 Å². The van der Waals surface area contributed by atoms with Gasteiger partial charge >= 0.3 is 5.97 Å². The highest BCUT2D eigenvalue weighted by Gasteiger charge is 2.18. The second-order valence-corrected chi connectivity index (χ2v) is 4.49. The van der Waals surface area contributed by atoms with Crippen molar-refractivity contribution in [2.24, 2.45) is 0 Å². The molecular formula is C14H18N2O2. The first-order chi connectivity index (χ1) is 8.60. The third-order valence-electron chi connectivity index (χ3n) is 3.37. The molecule has 0 bridgehead atoms. The standard InChI is InChI=1S/C14H18N2O2/c1-4-9(3)16-11-8-6-7-10(14(17)18)13(11)15-12(16)5-2/h6-9H,4-5H2,1-3H3,(H,17,18). The molecule has 0 aliphatic rings. The maximum absolute atomic E-state index is 11.2. The van der Waals surface area contributed by atoms with E-state index in [9.17, 15) is 9.90 Å². The predicted octanol–water partition coefficient (Wildman–Crippen LogP) is 3.27. The Kier molecular flexibility index (Phi) is 3.36. The number of aryl methyl sites for hydroxylation is 1. The van der Waals surface area contributed by atoms with Gasteiger partial charge in [0.2, 0.25) is 0 Å². The normalized spacial score (nSPS) is 12.8. The topological polar surface area (TPSA) is 55.1 Å². The van der Waals surface area contributed by atoms with Crippen molar-refractivity contribution in [1.82, 2.24) is 9.55 Å². The van der Waals surface area contributed by atoms with E-state index in [1.54, 1.807) is 12.1 Å². The second-order valence-electron chi connectivity index (χ2n) is 4.49. The van der Waals surface area contributed by atoms with Crippen LogP contribution in [0.2, 0.25) is 0 Å². The molecule has 1 atom stereocenters. The van der Waals surface area contributed by atoms with Crippen LogP contribution < -0.4 is 0 Å². The molecule has 0 amide bonds. The van der Waals surface area contributed by atoms with Gasteiger partial charge in [-0.1, -0.05) is 19.9 Å². The minimum atomic E-state index is -0.919. The number of para-hydroxylation sites is 1. The summed E-state index contributed by atoms with van der Waals surface area (Å²) in [5.74, 6) is 0.0325. The van der Waals surface area contributed by atoms with Crippen LogP contribution in [0.25, 0.3) is 11.0 Å². The van der Waals surface area contributed by atoms with Gasteiger partial charge in [-0.2, -0.15) is 0 Å². The summed E-state index contributed by atoms with van der Waals surface area (Å²) < 4.78 is 2.15. The third kappa shape index (κ3) is 1.88. The molecule has 4 heteroatoms. The van der Waals surface area contributed by atoms with E-state index in [1.165, 1.54) is 0 Å². The Morgan fingerprint density at radius 1 is 1.44 bits per heavy atom. The zero-order chi connectivity index (χ0) is 13.3. The first kappa shape index (κ1) is 12.6. The van der Waals surface area contributed by atoms with Crippen molar-refractivity contribution in [2.45, 2.75) is 39.7 Å². The number of rotatable bonds is 4. The lowest BCUT2D eigenvalue weighted by atomic mass is 10.1. The molecule has 96 valence electrons. The zero-order valence-corrected chi connectivity index (χ0v) is 11.0. The van der Waals surface area contributed by atoms with Gasteiger partial charge in [0.15, 0.2) is 0 Å². The molecule has 0 saturated carbocycles. The van der Waals surface area contributed by atoms with Crippen molar-refractivity contribution >= 4 is 17.0 Å². The zero-order valence-electron chi connectivity index (χ0n) is 11.0. The minimum Gasteiger partial charge on any atom is -0.478 e. The maximum Gasteiger partial charge on any atom is 0.337 e. The number of carbonyl (C=O) groups is 1. The van der Waals surface area contributed by atoms with E-state index in [4.69, 9.17) is 0 Å².